The number of nitrogens with one attached hydrogen (secondary N) is 1. The molecule has 26 heavy (non-hydrogen) atoms. The first kappa shape index (κ1) is 18.3. The molecule has 0 saturated heterocycles. The van der Waals surface area contributed by atoms with Crippen molar-refractivity contribution in [1.29, 1.82) is 0 Å². The highest BCUT2D eigenvalue weighted by Gasteiger charge is 2.17. The molecule has 3 aromatic rings. The summed E-state index contributed by atoms with van der Waals surface area (Å²) in [6.07, 6.45) is 0. The smallest absolute Gasteiger partial charge is 0.242 e. The maximum absolute atomic E-state index is 12.2. The van der Waals surface area contributed by atoms with Crippen molar-refractivity contribution in [3.8, 4) is 11.4 Å². The quantitative estimate of drug-likeness (QED) is 0.742. The lowest BCUT2D eigenvalue weighted by Crippen LogP contribution is -2.23. The molecule has 7 heteroatoms. The lowest BCUT2D eigenvalue weighted by Gasteiger charge is -2.18. The molecular weight excluding hydrogens is 350 g/mol. The Morgan fingerprint density at radius 3 is 2.27 bits per heavy atom. The van der Waals surface area contributed by atoms with Crippen LogP contribution in [0.2, 0.25) is 0 Å². The Balaban J connectivity index is 1.70. The predicted octanol–water partition coefficient (Wildman–Crippen LogP) is 3.51. The molecule has 0 fully saturated rings. The van der Waals surface area contributed by atoms with E-state index in [1.807, 2.05) is 24.3 Å². The number of hydrogen-bond donors (Lipinski definition) is 1. The van der Waals surface area contributed by atoms with E-state index >= 15 is 0 Å². The van der Waals surface area contributed by atoms with Gasteiger partial charge in [0.2, 0.25) is 21.7 Å². The van der Waals surface area contributed by atoms with Crippen molar-refractivity contribution in [3.63, 3.8) is 0 Å². The van der Waals surface area contributed by atoms with Crippen LogP contribution in [-0.4, -0.2) is 18.6 Å². The SMILES string of the molecule is CC(C)(C)c1ccc(-c2noc(CNS(=O)(=O)c3ccccc3)n2)cc1. The van der Waals surface area contributed by atoms with Gasteiger partial charge in [-0.25, -0.2) is 13.1 Å². The summed E-state index contributed by atoms with van der Waals surface area (Å²) in [7, 11) is -3.61. The predicted molar refractivity (Wildman–Crippen MR) is 98.9 cm³/mol. The van der Waals surface area contributed by atoms with Crippen molar-refractivity contribution in [3.05, 3.63) is 66.1 Å². The van der Waals surface area contributed by atoms with Gasteiger partial charge in [0.25, 0.3) is 0 Å². The van der Waals surface area contributed by atoms with E-state index in [1.54, 1.807) is 18.2 Å². The van der Waals surface area contributed by atoms with Crippen molar-refractivity contribution >= 4 is 10.0 Å². The third kappa shape index (κ3) is 4.17. The van der Waals surface area contributed by atoms with Crippen LogP contribution in [0.3, 0.4) is 0 Å². The fraction of sp³-hybridized carbons (Fsp3) is 0.263. The largest absolute Gasteiger partial charge is 0.338 e. The zero-order chi connectivity index (χ0) is 18.8. The van der Waals surface area contributed by atoms with Gasteiger partial charge in [-0.2, -0.15) is 4.98 Å². The minimum absolute atomic E-state index is 0.0652. The van der Waals surface area contributed by atoms with Gasteiger partial charge in [0.05, 0.1) is 11.4 Å². The van der Waals surface area contributed by atoms with Crippen LogP contribution in [0.5, 0.6) is 0 Å². The van der Waals surface area contributed by atoms with Crippen LogP contribution in [0.15, 0.2) is 64.0 Å². The fourth-order valence-corrected chi connectivity index (χ4v) is 3.40. The molecule has 3 rings (SSSR count). The molecule has 1 N–H and O–H groups in total. The topological polar surface area (TPSA) is 85.1 Å². The second-order valence-electron chi connectivity index (χ2n) is 6.98. The summed E-state index contributed by atoms with van der Waals surface area (Å²) in [6, 6.07) is 16.1. The number of benzene rings is 2. The highest BCUT2D eigenvalue weighted by Crippen LogP contribution is 2.25. The van der Waals surface area contributed by atoms with Gasteiger partial charge in [0.15, 0.2) is 0 Å². The van der Waals surface area contributed by atoms with Crippen LogP contribution < -0.4 is 4.72 Å². The maximum Gasteiger partial charge on any atom is 0.242 e. The molecule has 0 aliphatic carbocycles. The molecule has 0 bridgehead atoms. The Bertz CT molecular complexity index is 973. The highest BCUT2D eigenvalue weighted by molar-refractivity contribution is 7.89. The number of nitrogens with zero attached hydrogens (tertiary/aromatic N) is 2. The van der Waals surface area contributed by atoms with Crippen LogP contribution in [0.25, 0.3) is 11.4 Å². The summed E-state index contributed by atoms with van der Waals surface area (Å²) in [6.45, 7) is 6.37. The van der Waals surface area contributed by atoms with Crippen molar-refractivity contribution in [2.24, 2.45) is 0 Å². The Kier molecular flexibility index (Phi) is 4.93. The average molecular weight is 371 g/mol. The molecule has 6 nitrogen and oxygen atoms in total. The molecule has 0 atom stereocenters. The van der Waals surface area contributed by atoms with Gasteiger partial charge in [-0.05, 0) is 23.1 Å². The fourth-order valence-electron chi connectivity index (χ4n) is 2.40. The van der Waals surface area contributed by atoms with E-state index in [9.17, 15) is 8.42 Å². The van der Waals surface area contributed by atoms with Crippen LogP contribution in [0, 0.1) is 0 Å². The number of aromatic nitrogens is 2. The third-order valence-corrected chi connectivity index (χ3v) is 5.36. The molecule has 0 unspecified atom stereocenters. The highest BCUT2D eigenvalue weighted by atomic mass is 32.2. The van der Waals surface area contributed by atoms with Gasteiger partial charge in [-0.15, -0.1) is 0 Å². The average Bonchev–Trinajstić information content (AvgIpc) is 3.09. The molecule has 0 radical (unpaired) electrons. The second kappa shape index (κ2) is 7.01. The summed E-state index contributed by atoms with van der Waals surface area (Å²) in [5.74, 6) is 0.638. The Morgan fingerprint density at radius 1 is 1.00 bits per heavy atom. The number of hydrogen-bond acceptors (Lipinski definition) is 5. The minimum Gasteiger partial charge on any atom is -0.338 e. The molecule has 1 aromatic heterocycles. The molecule has 1 heterocycles. The van der Waals surface area contributed by atoms with Gasteiger partial charge < -0.3 is 4.52 Å². The van der Waals surface area contributed by atoms with E-state index in [0.29, 0.717) is 5.82 Å². The molecule has 0 aliphatic rings. The zero-order valence-corrected chi connectivity index (χ0v) is 15.7. The normalized spacial score (nSPS) is 12.3. The maximum atomic E-state index is 12.2. The van der Waals surface area contributed by atoms with Gasteiger partial charge in [0.1, 0.15) is 0 Å². The molecule has 136 valence electrons. The van der Waals surface area contributed by atoms with E-state index in [1.165, 1.54) is 17.7 Å². The van der Waals surface area contributed by atoms with Crippen LogP contribution >= 0.6 is 0 Å². The van der Waals surface area contributed by atoms with E-state index in [-0.39, 0.29) is 22.7 Å². The summed E-state index contributed by atoms with van der Waals surface area (Å²) >= 11 is 0. The molecular formula is C19H21N3O3S. The van der Waals surface area contributed by atoms with Gasteiger partial charge in [-0.1, -0.05) is 68.4 Å². The van der Waals surface area contributed by atoms with Crippen LogP contribution in [0.1, 0.15) is 32.2 Å². The minimum atomic E-state index is -3.61. The lowest BCUT2D eigenvalue weighted by atomic mass is 9.87. The monoisotopic (exact) mass is 371 g/mol. The van der Waals surface area contributed by atoms with E-state index < -0.39 is 10.0 Å². The second-order valence-corrected chi connectivity index (χ2v) is 8.74. The number of rotatable bonds is 5. The first-order valence-corrected chi connectivity index (χ1v) is 9.72. The number of sulfonamides is 1. The van der Waals surface area contributed by atoms with Gasteiger partial charge in [-0.3, -0.25) is 0 Å². The Labute approximate surface area is 153 Å². The van der Waals surface area contributed by atoms with Crippen LogP contribution in [0.4, 0.5) is 0 Å². The molecule has 2 aromatic carbocycles. The zero-order valence-electron chi connectivity index (χ0n) is 14.9. The third-order valence-electron chi connectivity index (χ3n) is 3.94. The van der Waals surface area contributed by atoms with Gasteiger partial charge in [0, 0.05) is 5.56 Å². The molecule has 0 saturated carbocycles. The van der Waals surface area contributed by atoms with Crippen molar-refractivity contribution in [2.75, 3.05) is 0 Å². The first-order chi connectivity index (χ1) is 12.3. The van der Waals surface area contributed by atoms with E-state index in [2.05, 4.69) is 35.6 Å². The lowest BCUT2D eigenvalue weighted by molar-refractivity contribution is 0.376. The Hall–Kier alpha value is -2.51. The first-order valence-electron chi connectivity index (χ1n) is 8.24. The Morgan fingerprint density at radius 2 is 1.65 bits per heavy atom. The summed E-state index contributed by atoms with van der Waals surface area (Å²) in [5.41, 5.74) is 2.09. The van der Waals surface area contributed by atoms with Gasteiger partial charge >= 0.3 is 0 Å². The van der Waals surface area contributed by atoms with Crippen LogP contribution in [-0.2, 0) is 22.0 Å². The molecule has 0 spiro atoms. The van der Waals surface area contributed by atoms with E-state index in [0.717, 1.165) is 5.56 Å². The summed E-state index contributed by atoms with van der Waals surface area (Å²) < 4.78 is 32.0. The summed E-state index contributed by atoms with van der Waals surface area (Å²) in [5, 5.41) is 3.93. The van der Waals surface area contributed by atoms with Crippen molar-refractivity contribution < 1.29 is 12.9 Å². The molecule has 0 aliphatic heterocycles. The standard InChI is InChI=1S/C19H21N3O3S/c1-19(2,3)15-11-9-14(10-12-15)18-21-17(25-22-18)13-20-26(23,24)16-7-5-4-6-8-16/h4-12,20H,13H2,1-3H3. The van der Waals surface area contributed by atoms with Crippen molar-refractivity contribution in [1.82, 2.24) is 14.9 Å². The molecule has 0 amide bonds. The van der Waals surface area contributed by atoms with Crippen molar-refractivity contribution in [2.45, 2.75) is 37.6 Å². The van der Waals surface area contributed by atoms with E-state index in [4.69, 9.17) is 4.52 Å². The summed E-state index contributed by atoms with van der Waals surface area (Å²) in [4.78, 5) is 4.46.